The molecule has 0 saturated carbocycles. The van der Waals surface area contributed by atoms with E-state index in [0.29, 0.717) is 6.54 Å². The molecule has 0 fully saturated rings. The molecule has 25 heavy (non-hydrogen) atoms. The van der Waals surface area contributed by atoms with Gasteiger partial charge in [0.05, 0.1) is 11.9 Å². The lowest BCUT2D eigenvalue weighted by atomic mass is 10.1. The molecule has 1 heterocycles. The van der Waals surface area contributed by atoms with E-state index in [9.17, 15) is 10.2 Å². The molecule has 0 bridgehead atoms. The Labute approximate surface area is 149 Å². The van der Waals surface area contributed by atoms with Gasteiger partial charge in [-0.25, -0.2) is 4.68 Å². The SMILES string of the molecule is CCN=c1scc(-c2ccc(O)c(O)c2)n1/N=C/c1ccccc1C. The van der Waals surface area contributed by atoms with Gasteiger partial charge in [-0.1, -0.05) is 24.3 Å². The Morgan fingerprint density at radius 1 is 1.12 bits per heavy atom. The highest BCUT2D eigenvalue weighted by Crippen LogP contribution is 2.30. The summed E-state index contributed by atoms with van der Waals surface area (Å²) in [5.74, 6) is -0.306. The Morgan fingerprint density at radius 3 is 2.64 bits per heavy atom. The third-order valence-corrected chi connectivity index (χ3v) is 4.60. The number of rotatable bonds is 4. The number of benzene rings is 2. The first kappa shape index (κ1) is 17.0. The van der Waals surface area contributed by atoms with E-state index < -0.39 is 0 Å². The predicted molar refractivity (Wildman–Crippen MR) is 101 cm³/mol. The predicted octanol–water partition coefficient (Wildman–Crippen LogP) is 3.74. The largest absolute Gasteiger partial charge is 0.504 e. The number of aromatic hydroxyl groups is 2. The minimum atomic E-state index is -0.160. The fraction of sp³-hybridized carbons (Fsp3) is 0.158. The maximum atomic E-state index is 9.79. The van der Waals surface area contributed by atoms with Crippen LogP contribution in [0.1, 0.15) is 18.1 Å². The Hall–Kier alpha value is -2.86. The van der Waals surface area contributed by atoms with E-state index in [1.54, 1.807) is 17.0 Å². The van der Waals surface area contributed by atoms with Crippen molar-refractivity contribution in [1.29, 1.82) is 0 Å². The van der Waals surface area contributed by atoms with E-state index in [2.05, 4.69) is 10.1 Å². The summed E-state index contributed by atoms with van der Waals surface area (Å²) in [6, 6.07) is 12.7. The van der Waals surface area contributed by atoms with Crippen molar-refractivity contribution in [2.45, 2.75) is 13.8 Å². The van der Waals surface area contributed by atoms with Gasteiger partial charge in [0.2, 0.25) is 4.80 Å². The Morgan fingerprint density at radius 2 is 1.92 bits per heavy atom. The van der Waals surface area contributed by atoms with Gasteiger partial charge in [0.1, 0.15) is 0 Å². The first-order chi connectivity index (χ1) is 12.1. The molecule has 1 aromatic heterocycles. The topological polar surface area (TPSA) is 70.1 Å². The van der Waals surface area contributed by atoms with Crippen molar-refractivity contribution in [2.24, 2.45) is 10.1 Å². The smallest absolute Gasteiger partial charge is 0.206 e. The molecule has 2 N–H and O–H groups in total. The summed E-state index contributed by atoms with van der Waals surface area (Å²) in [6.45, 7) is 4.66. The second kappa shape index (κ2) is 7.36. The van der Waals surface area contributed by atoms with Crippen LogP contribution in [-0.2, 0) is 0 Å². The molecule has 3 rings (SSSR count). The second-order valence-electron chi connectivity index (χ2n) is 5.49. The summed E-state index contributed by atoms with van der Waals surface area (Å²) >= 11 is 1.48. The van der Waals surface area contributed by atoms with Crippen molar-refractivity contribution < 1.29 is 10.2 Å². The standard InChI is InChI=1S/C19H19N3O2S/c1-3-20-19-22(21-11-15-7-5-4-6-13(15)2)16(12-25-19)14-8-9-17(23)18(24)10-14/h4-12,23-24H,3H2,1-2H3/b20-19?,21-11+. The van der Waals surface area contributed by atoms with E-state index in [0.717, 1.165) is 27.2 Å². The number of aromatic nitrogens is 1. The van der Waals surface area contributed by atoms with E-state index in [4.69, 9.17) is 0 Å². The highest BCUT2D eigenvalue weighted by molar-refractivity contribution is 7.07. The van der Waals surface area contributed by atoms with Crippen LogP contribution in [0.5, 0.6) is 11.5 Å². The van der Waals surface area contributed by atoms with Gasteiger partial charge in [-0.3, -0.25) is 4.99 Å². The van der Waals surface area contributed by atoms with Crippen LogP contribution in [0, 0.1) is 6.92 Å². The molecule has 0 aliphatic rings. The number of aryl methyl sites for hydroxylation is 1. The zero-order chi connectivity index (χ0) is 17.8. The molecule has 0 atom stereocenters. The zero-order valence-corrected chi connectivity index (χ0v) is 14.9. The quantitative estimate of drug-likeness (QED) is 0.554. The molecule has 6 heteroatoms. The molecule has 0 aliphatic carbocycles. The summed E-state index contributed by atoms with van der Waals surface area (Å²) in [5.41, 5.74) is 3.73. The van der Waals surface area contributed by atoms with E-state index >= 15 is 0 Å². The molecule has 0 saturated heterocycles. The molecular formula is C19H19N3O2S. The molecule has 5 nitrogen and oxygen atoms in total. The second-order valence-corrected chi connectivity index (χ2v) is 6.33. The van der Waals surface area contributed by atoms with Crippen molar-refractivity contribution in [2.75, 3.05) is 6.54 Å². The third-order valence-electron chi connectivity index (χ3n) is 3.75. The molecule has 3 aromatic rings. The van der Waals surface area contributed by atoms with Gasteiger partial charge in [0.25, 0.3) is 0 Å². The lowest BCUT2D eigenvalue weighted by molar-refractivity contribution is 0.404. The van der Waals surface area contributed by atoms with Crippen LogP contribution in [0.3, 0.4) is 0 Å². The number of phenols is 2. The number of phenolic OH excluding ortho intramolecular Hbond substituents is 2. The van der Waals surface area contributed by atoms with Crippen molar-refractivity contribution >= 4 is 17.6 Å². The van der Waals surface area contributed by atoms with Crippen LogP contribution in [0.4, 0.5) is 0 Å². The van der Waals surface area contributed by atoms with Crippen molar-refractivity contribution in [3.63, 3.8) is 0 Å². The lowest BCUT2D eigenvalue weighted by Crippen LogP contribution is -2.12. The molecule has 0 radical (unpaired) electrons. The van der Waals surface area contributed by atoms with Gasteiger partial charge in [0.15, 0.2) is 11.5 Å². The first-order valence-corrected chi connectivity index (χ1v) is 8.81. The van der Waals surface area contributed by atoms with E-state index in [1.165, 1.54) is 23.5 Å². The molecule has 2 aromatic carbocycles. The minimum absolute atomic E-state index is 0.146. The van der Waals surface area contributed by atoms with Gasteiger partial charge in [-0.2, -0.15) is 5.10 Å². The number of hydrogen-bond acceptors (Lipinski definition) is 5. The average molecular weight is 353 g/mol. The number of thiazole rings is 1. The average Bonchev–Trinajstić information content (AvgIpc) is 3.00. The third kappa shape index (κ3) is 3.64. The van der Waals surface area contributed by atoms with Crippen LogP contribution >= 0.6 is 11.3 Å². The van der Waals surface area contributed by atoms with Gasteiger partial charge in [0, 0.05) is 17.5 Å². The van der Waals surface area contributed by atoms with Crippen LogP contribution in [0.25, 0.3) is 11.3 Å². The van der Waals surface area contributed by atoms with Gasteiger partial charge in [-0.05, 0) is 43.2 Å². The minimum Gasteiger partial charge on any atom is -0.504 e. The number of nitrogens with zero attached hydrogens (tertiary/aromatic N) is 3. The summed E-state index contributed by atoms with van der Waals surface area (Å²) in [5, 5.41) is 25.9. The highest BCUT2D eigenvalue weighted by Gasteiger charge is 2.10. The van der Waals surface area contributed by atoms with Crippen LogP contribution in [0.15, 0.2) is 57.9 Å². The van der Waals surface area contributed by atoms with Gasteiger partial charge in [-0.15, -0.1) is 11.3 Å². The van der Waals surface area contributed by atoms with Crippen molar-refractivity contribution in [3.05, 3.63) is 63.8 Å². The maximum absolute atomic E-state index is 9.79. The Kier molecular flexibility index (Phi) is 5.00. The molecule has 0 amide bonds. The molecule has 128 valence electrons. The van der Waals surface area contributed by atoms with Crippen molar-refractivity contribution in [3.8, 4) is 22.8 Å². The fourth-order valence-electron chi connectivity index (χ4n) is 2.39. The summed E-state index contributed by atoms with van der Waals surface area (Å²) in [6.07, 6.45) is 1.81. The Balaban J connectivity index is 2.11. The zero-order valence-electron chi connectivity index (χ0n) is 14.0. The van der Waals surface area contributed by atoms with Crippen LogP contribution < -0.4 is 4.80 Å². The van der Waals surface area contributed by atoms with Gasteiger partial charge >= 0.3 is 0 Å². The molecular weight excluding hydrogens is 334 g/mol. The Bertz CT molecular complexity index is 986. The van der Waals surface area contributed by atoms with Crippen LogP contribution in [0.2, 0.25) is 0 Å². The summed E-state index contributed by atoms with van der Waals surface area (Å²) in [7, 11) is 0. The number of hydrogen-bond donors (Lipinski definition) is 2. The lowest BCUT2D eigenvalue weighted by Gasteiger charge is -2.05. The summed E-state index contributed by atoms with van der Waals surface area (Å²) in [4.78, 5) is 5.26. The summed E-state index contributed by atoms with van der Waals surface area (Å²) < 4.78 is 1.76. The fourth-order valence-corrected chi connectivity index (χ4v) is 3.29. The van der Waals surface area contributed by atoms with E-state index in [1.807, 2.05) is 43.5 Å². The molecule has 0 spiro atoms. The first-order valence-electron chi connectivity index (χ1n) is 7.93. The van der Waals surface area contributed by atoms with Gasteiger partial charge < -0.3 is 10.2 Å². The molecule has 0 aliphatic heterocycles. The normalized spacial score (nSPS) is 12.2. The van der Waals surface area contributed by atoms with Crippen molar-refractivity contribution in [1.82, 2.24) is 4.68 Å². The maximum Gasteiger partial charge on any atom is 0.206 e. The highest BCUT2D eigenvalue weighted by atomic mass is 32.1. The molecule has 0 unspecified atom stereocenters. The van der Waals surface area contributed by atoms with Crippen LogP contribution in [-0.4, -0.2) is 27.6 Å². The van der Waals surface area contributed by atoms with E-state index in [-0.39, 0.29) is 11.5 Å². The monoisotopic (exact) mass is 353 g/mol.